The maximum Gasteiger partial charge on any atom is 1.00 e. The first-order valence-electron chi connectivity index (χ1n) is 8.00. The number of amides is 1. The SMILES string of the molecule is CCOc1ccc(C[C@@H](NC(=O)OCc2ccccc2)C(=O)O)cc1.[Na+].[OH-]. The molecule has 1 amide bonds. The zero-order valence-corrected chi connectivity index (χ0v) is 17.4. The smallest absolute Gasteiger partial charge is 0.870 e. The predicted molar refractivity (Wildman–Crippen MR) is 94.4 cm³/mol. The van der Waals surface area contributed by atoms with E-state index in [1.807, 2.05) is 37.3 Å². The molecule has 3 N–H and O–H groups in total. The Labute approximate surface area is 180 Å². The summed E-state index contributed by atoms with van der Waals surface area (Å²) in [6.07, 6.45) is -0.607. The standard InChI is InChI=1S/C19H21NO5.Na.H2O/c1-2-24-16-10-8-14(9-11-16)12-17(18(21)22)20-19(23)25-13-15-6-4-3-5-7-15;;/h3-11,17H,2,12-13H2,1H3,(H,20,23)(H,21,22);;1H2/q;+1;/p-1/t17-;;/m1../s1. The van der Waals surface area contributed by atoms with Gasteiger partial charge in [0.1, 0.15) is 18.4 Å². The summed E-state index contributed by atoms with van der Waals surface area (Å²) in [5.74, 6) is -0.404. The minimum Gasteiger partial charge on any atom is -0.870 e. The summed E-state index contributed by atoms with van der Waals surface area (Å²) in [6, 6.07) is 15.2. The van der Waals surface area contributed by atoms with Crippen LogP contribution in [0.5, 0.6) is 5.75 Å². The van der Waals surface area contributed by atoms with Gasteiger partial charge in [-0.25, -0.2) is 9.59 Å². The van der Waals surface area contributed by atoms with Crippen molar-refractivity contribution >= 4 is 12.1 Å². The number of ether oxygens (including phenoxy) is 2. The molecule has 8 heteroatoms. The molecule has 2 rings (SSSR count). The molecular formula is C19H22NNaO6. The molecule has 2 aromatic rings. The second-order valence-electron chi connectivity index (χ2n) is 5.38. The number of rotatable bonds is 8. The van der Waals surface area contributed by atoms with Crippen molar-refractivity contribution in [3.8, 4) is 5.75 Å². The number of alkyl carbamates (subject to hydrolysis) is 1. The van der Waals surface area contributed by atoms with E-state index in [0.29, 0.717) is 12.4 Å². The summed E-state index contributed by atoms with van der Waals surface area (Å²) in [4.78, 5) is 23.2. The van der Waals surface area contributed by atoms with Crippen LogP contribution in [0, 0.1) is 0 Å². The van der Waals surface area contributed by atoms with Crippen LogP contribution >= 0.6 is 0 Å². The van der Waals surface area contributed by atoms with Crippen LogP contribution in [0.4, 0.5) is 4.79 Å². The molecular weight excluding hydrogens is 361 g/mol. The van der Waals surface area contributed by atoms with Crippen LogP contribution in [0.15, 0.2) is 54.6 Å². The monoisotopic (exact) mass is 383 g/mol. The number of carboxylic acid groups (broad SMARTS) is 1. The van der Waals surface area contributed by atoms with Crippen molar-refractivity contribution in [2.45, 2.75) is 26.0 Å². The molecule has 0 aliphatic heterocycles. The third-order valence-electron chi connectivity index (χ3n) is 3.48. The van der Waals surface area contributed by atoms with Crippen LogP contribution in [-0.4, -0.2) is 35.3 Å². The third kappa shape index (κ3) is 8.92. The van der Waals surface area contributed by atoms with Gasteiger partial charge in [0.25, 0.3) is 0 Å². The van der Waals surface area contributed by atoms with E-state index in [1.165, 1.54) is 0 Å². The first-order chi connectivity index (χ1) is 12.1. The maximum absolute atomic E-state index is 11.8. The number of aliphatic carboxylic acids is 1. The van der Waals surface area contributed by atoms with Gasteiger partial charge in [0.2, 0.25) is 0 Å². The van der Waals surface area contributed by atoms with Gasteiger partial charge in [0.15, 0.2) is 0 Å². The van der Waals surface area contributed by atoms with Gasteiger partial charge in [-0.3, -0.25) is 0 Å². The molecule has 0 aliphatic rings. The van der Waals surface area contributed by atoms with E-state index in [-0.39, 0.29) is 48.1 Å². The Morgan fingerprint density at radius 2 is 1.67 bits per heavy atom. The van der Waals surface area contributed by atoms with Crippen molar-refractivity contribution in [3.63, 3.8) is 0 Å². The predicted octanol–water partition coefficient (Wildman–Crippen LogP) is -0.165. The van der Waals surface area contributed by atoms with Crippen LogP contribution in [0.1, 0.15) is 18.1 Å². The molecule has 0 spiro atoms. The van der Waals surface area contributed by atoms with Crippen LogP contribution in [0.3, 0.4) is 0 Å². The van der Waals surface area contributed by atoms with E-state index < -0.39 is 18.1 Å². The number of nitrogens with one attached hydrogen (secondary N) is 1. The molecule has 0 radical (unpaired) electrons. The third-order valence-corrected chi connectivity index (χ3v) is 3.48. The zero-order chi connectivity index (χ0) is 18.1. The van der Waals surface area contributed by atoms with Gasteiger partial charge < -0.3 is 25.4 Å². The first kappa shape index (κ1) is 24.9. The van der Waals surface area contributed by atoms with Gasteiger partial charge in [-0.05, 0) is 30.2 Å². The minimum absolute atomic E-state index is 0. The normalized spacial score (nSPS) is 10.6. The Hall–Kier alpha value is -2.06. The molecule has 0 fully saturated rings. The summed E-state index contributed by atoms with van der Waals surface area (Å²) in [5, 5.41) is 11.7. The van der Waals surface area contributed by atoms with E-state index in [9.17, 15) is 14.7 Å². The number of carbonyl (C=O) groups excluding carboxylic acids is 1. The molecule has 27 heavy (non-hydrogen) atoms. The molecule has 0 aliphatic carbocycles. The Morgan fingerprint density at radius 1 is 1.04 bits per heavy atom. The van der Waals surface area contributed by atoms with E-state index in [1.54, 1.807) is 24.3 Å². The van der Waals surface area contributed by atoms with Crippen LogP contribution in [-0.2, 0) is 22.6 Å². The van der Waals surface area contributed by atoms with Gasteiger partial charge in [-0.1, -0.05) is 42.5 Å². The van der Waals surface area contributed by atoms with Crippen molar-refractivity contribution < 1.29 is 59.2 Å². The van der Waals surface area contributed by atoms with Gasteiger partial charge in [0, 0.05) is 6.42 Å². The summed E-state index contributed by atoms with van der Waals surface area (Å²) in [5.41, 5.74) is 1.61. The Morgan fingerprint density at radius 3 is 2.22 bits per heavy atom. The fraction of sp³-hybridized carbons (Fsp3) is 0.263. The van der Waals surface area contributed by atoms with Crippen LogP contribution in [0.25, 0.3) is 0 Å². The van der Waals surface area contributed by atoms with Crippen molar-refractivity contribution in [2.75, 3.05) is 6.61 Å². The van der Waals surface area contributed by atoms with Gasteiger partial charge in [-0.2, -0.15) is 0 Å². The molecule has 1 atom stereocenters. The fourth-order valence-corrected chi connectivity index (χ4v) is 2.23. The second kappa shape index (κ2) is 13.2. The summed E-state index contributed by atoms with van der Waals surface area (Å²) in [6.45, 7) is 2.54. The number of carbonyl (C=O) groups is 2. The molecule has 0 aromatic heterocycles. The van der Waals surface area contributed by atoms with E-state index in [4.69, 9.17) is 9.47 Å². The molecule has 7 nitrogen and oxygen atoms in total. The molecule has 0 bridgehead atoms. The van der Waals surface area contributed by atoms with Crippen molar-refractivity contribution in [1.29, 1.82) is 0 Å². The van der Waals surface area contributed by atoms with Crippen molar-refractivity contribution in [1.82, 2.24) is 5.32 Å². The molecule has 0 heterocycles. The molecule has 0 saturated carbocycles. The second-order valence-corrected chi connectivity index (χ2v) is 5.38. The Bertz CT molecular complexity index is 693. The largest absolute Gasteiger partial charge is 1.00 e. The van der Waals surface area contributed by atoms with E-state index >= 15 is 0 Å². The van der Waals surface area contributed by atoms with Crippen molar-refractivity contribution in [3.05, 3.63) is 65.7 Å². The van der Waals surface area contributed by atoms with E-state index in [0.717, 1.165) is 11.1 Å². The van der Waals surface area contributed by atoms with Crippen LogP contribution in [0.2, 0.25) is 0 Å². The number of hydrogen-bond acceptors (Lipinski definition) is 5. The average Bonchev–Trinajstić information content (AvgIpc) is 2.62. The summed E-state index contributed by atoms with van der Waals surface area (Å²) >= 11 is 0. The average molecular weight is 383 g/mol. The van der Waals surface area contributed by atoms with Crippen molar-refractivity contribution in [2.24, 2.45) is 0 Å². The zero-order valence-electron chi connectivity index (χ0n) is 15.4. The van der Waals surface area contributed by atoms with Gasteiger partial charge in [-0.15, -0.1) is 0 Å². The van der Waals surface area contributed by atoms with Crippen LogP contribution < -0.4 is 39.6 Å². The van der Waals surface area contributed by atoms with Gasteiger partial charge >= 0.3 is 41.6 Å². The summed E-state index contributed by atoms with van der Waals surface area (Å²) in [7, 11) is 0. The first-order valence-corrected chi connectivity index (χ1v) is 8.00. The Kier molecular flexibility index (Phi) is 12.2. The molecule has 2 aromatic carbocycles. The number of benzene rings is 2. The Balaban J connectivity index is 0.00000338. The summed E-state index contributed by atoms with van der Waals surface area (Å²) < 4.78 is 10.4. The molecule has 0 unspecified atom stereocenters. The number of carboxylic acids is 1. The van der Waals surface area contributed by atoms with Gasteiger partial charge in [0.05, 0.1) is 6.61 Å². The molecule has 0 saturated heterocycles. The maximum atomic E-state index is 11.8. The quantitative estimate of drug-likeness (QED) is 0.612. The topological polar surface area (TPSA) is 115 Å². The minimum atomic E-state index is -1.12. The van der Waals surface area contributed by atoms with E-state index in [2.05, 4.69) is 5.32 Å². The molecule has 140 valence electrons. The number of hydrogen-bond donors (Lipinski definition) is 2. The fourth-order valence-electron chi connectivity index (χ4n) is 2.23.